The molecule has 0 spiro atoms. The topological polar surface area (TPSA) is 54.9 Å². The molecule has 22 heavy (non-hydrogen) atoms. The fourth-order valence-electron chi connectivity index (χ4n) is 2.42. The highest BCUT2D eigenvalue weighted by molar-refractivity contribution is 5.99. The molecule has 1 aromatic carbocycles. The van der Waals surface area contributed by atoms with E-state index in [2.05, 4.69) is 15.5 Å². The first-order valence-corrected chi connectivity index (χ1v) is 7.17. The molecule has 0 fully saturated rings. The number of amides is 1. The minimum Gasteiger partial charge on any atom is -0.342 e. The molecule has 0 saturated heterocycles. The first kappa shape index (κ1) is 14.2. The number of fused-ring (bicyclic) bond motifs is 1. The van der Waals surface area contributed by atoms with Gasteiger partial charge in [0.25, 0.3) is 5.91 Å². The van der Waals surface area contributed by atoms with Crippen molar-refractivity contribution in [2.24, 2.45) is 0 Å². The Morgan fingerprint density at radius 2 is 1.55 bits per heavy atom. The minimum absolute atomic E-state index is 0.220. The Labute approximate surface area is 129 Å². The number of hydrogen-bond donors (Lipinski definition) is 1. The van der Waals surface area contributed by atoms with Gasteiger partial charge in [0.15, 0.2) is 5.69 Å². The molecule has 1 N–H and O–H groups in total. The van der Waals surface area contributed by atoms with Crippen LogP contribution in [0.25, 0.3) is 11.3 Å². The molecule has 0 unspecified atom stereocenters. The summed E-state index contributed by atoms with van der Waals surface area (Å²) in [6.45, 7) is 3.94. The standard InChI is InChI=1S/C18H17N3O/c1-18(2,13-9-5-3-6-10-13)19-17(22)16-14-11-7-4-8-12-15(14)20-21-16/h3-12H,1-2H3,(H,19,22). The molecule has 3 rings (SSSR count). The van der Waals surface area contributed by atoms with Gasteiger partial charge in [-0.15, -0.1) is 10.2 Å². The summed E-state index contributed by atoms with van der Waals surface area (Å²) in [5.41, 5.74) is 2.38. The van der Waals surface area contributed by atoms with E-state index in [9.17, 15) is 4.79 Å². The third kappa shape index (κ3) is 2.68. The largest absolute Gasteiger partial charge is 0.342 e. The van der Waals surface area contributed by atoms with E-state index < -0.39 is 5.54 Å². The maximum Gasteiger partial charge on any atom is 0.273 e. The molecular formula is C18H17N3O. The third-order valence-electron chi connectivity index (χ3n) is 3.66. The van der Waals surface area contributed by atoms with Crippen molar-refractivity contribution in [1.82, 2.24) is 15.5 Å². The number of hydrogen-bond acceptors (Lipinski definition) is 3. The van der Waals surface area contributed by atoms with Crippen LogP contribution >= 0.6 is 0 Å². The molecule has 1 amide bonds. The molecule has 110 valence electrons. The highest BCUT2D eigenvalue weighted by Gasteiger charge is 2.26. The van der Waals surface area contributed by atoms with Crippen LogP contribution in [0, 0.1) is 0 Å². The Hall–Kier alpha value is -2.75. The molecule has 0 saturated carbocycles. The molecule has 0 bridgehead atoms. The second-order valence-corrected chi connectivity index (χ2v) is 5.70. The molecule has 0 aromatic heterocycles. The Kier molecular flexibility index (Phi) is 3.59. The predicted molar refractivity (Wildman–Crippen MR) is 85.6 cm³/mol. The summed E-state index contributed by atoms with van der Waals surface area (Å²) in [6, 6.07) is 19.2. The van der Waals surface area contributed by atoms with Crippen molar-refractivity contribution < 1.29 is 4.79 Å². The summed E-state index contributed by atoms with van der Waals surface area (Å²) in [4.78, 5) is 12.6. The van der Waals surface area contributed by atoms with Gasteiger partial charge in [-0.2, -0.15) is 0 Å². The van der Waals surface area contributed by atoms with Gasteiger partial charge in [-0.1, -0.05) is 54.6 Å². The van der Waals surface area contributed by atoms with E-state index in [4.69, 9.17) is 0 Å². The van der Waals surface area contributed by atoms with E-state index in [0.717, 1.165) is 11.1 Å². The zero-order chi connectivity index (χ0) is 15.6. The van der Waals surface area contributed by atoms with Crippen molar-refractivity contribution in [2.75, 3.05) is 0 Å². The molecule has 4 heteroatoms. The predicted octanol–water partition coefficient (Wildman–Crippen LogP) is 3.25. The fraction of sp³-hybridized carbons (Fsp3) is 0.167. The van der Waals surface area contributed by atoms with Crippen LogP contribution in [0.15, 0.2) is 60.7 Å². The zero-order valence-corrected chi connectivity index (χ0v) is 12.6. The van der Waals surface area contributed by atoms with Crippen molar-refractivity contribution in [2.45, 2.75) is 19.4 Å². The van der Waals surface area contributed by atoms with Crippen LogP contribution in [0.4, 0.5) is 0 Å². The van der Waals surface area contributed by atoms with Crippen molar-refractivity contribution in [3.05, 3.63) is 71.9 Å². The van der Waals surface area contributed by atoms with Crippen LogP contribution in [0.2, 0.25) is 0 Å². The van der Waals surface area contributed by atoms with Crippen LogP contribution < -0.4 is 5.32 Å². The number of nitrogens with one attached hydrogen (secondary N) is 1. The lowest BCUT2D eigenvalue weighted by Gasteiger charge is -2.26. The normalized spacial score (nSPS) is 11.4. The van der Waals surface area contributed by atoms with Gasteiger partial charge in [0, 0.05) is 5.56 Å². The summed E-state index contributed by atoms with van der Waals surface area (Å²) in [5.74, 6) is -0.220. The van der Waals surface area contributed by atoms with Crippen molar-refractivity contribution in [1.29, 1.82) is 0 Å². The maximum atomic E-state index is 12.6. The van der Waals surface area contributed by atoms with Gasteiger partial charge in [-0.3, -0.25) is 4.79 Å². The fourth-order valence-corrected chi connectivity index (χ4v) is 2.42. The summed E-state index contributed by atoms with van der Waals surface area (Å²) < 4.78 is 0. The van der Waals surface area contributed by atoms with Crippen LogP contribution in [-0.4, -0.2) is 16.1 Å². The monoisotopic (exact) mass is 291 g/mol. The SMILES string of the molecule is CC(C)(NC(=O)c1nnc2cccccc1-2)c1ccccc1. The average molecular weight is 291 g/mol. The minimum atomic E-state index is -0.486. The molecular weight excluding hydrogens is 274 g/mol. The summed E-state index contributed by atoms with van der Waals surface area (Å²) in [7, 11) is 0. The lowest BCUT2D eigenvalue weighted by atomic mass is 9.94. The lowest BCUT2D eigenvalue weighted by Crippen LogP contribution is -2.41. The van der Waals surface area contributed by atoms with E-state index in [0.29, 0.717) is 11.4 Å². The summed E-state index contributed by atoms with van der Waals surface area (Å²) in [5, 5.41) is 11.1. The van der Waals surface area contributed by atoms with Gasteiger partial charge in [-0.05, 0) is 25.5 Å². The molecule has 1 aliphatic carbocycles. The van der Waals surface area contributed by atoms with Crippen LogP contribution in [0.1, 0.15) is 29.9 Å². The number of nitrogens with zero attached hydrogens (tertiary/aromatic N) is 2. The van der Waals surface area contributed by atoms with Crippen LogP contribution in [-0.2, 0) is 5.54 Å². The van der Waals surface area contributed by atoms with Gasteiger partial charge < -0.3 is 5.32 Å². The molecule has 4 nitrogen and oxygen atoms in total. The number of carbonyl (C=O) groups excluding carboxylic acids is 1. The highest BCUT2D eigenvalue weighted by atomic mass is 16.2. The smallest absolute Gasteiger partial charge is 0.273 e. The van der Waals surface area contributed by atoms with Crippen LogP contribution in [0.5, 0.6) is 0 Å². The third-order valence-corrected chi connectivity index (χ3v) is 3.66. The number of benzene rings is 1. The van der Waals surface area contributed by atoms with Gasteiger partial charge in [0.2, 0.25) is 0 Å². The first-order valence-electron chi connectivity index (χ1n) is 7.17. The van der Waals surface area contributed by atoms with E-state index in [1.165, 1.54) is 0 Å². The lowest BCUT2D eigenvalue weighted by molar-refractivity contribution is 0.0907. The van der Waals surface area contributed by atoms with Gasteiger partial charge >= 0.3 is 0 Å². The molecule has 0 radical (unpaired) electrons. The number of rotatable bonds is 3. The van der Waals surface area contributed by atoms with Crippen molar-refractivity contribution in [3.63, 3.8) is 0 Å². The van der Waals surface area contributed by atoms with Crippen molar-refractivity contribution >= 4 is 5.91 Å². The van der Waals surface area contributed by atoms with Crippen LogP contribution in [0.3, 0.4) is 0 Å². The van der Waals surface area contributed by atoms with E-state index in [-0.39, 0.29) is 5.91 Å². The second kappa shape index (κ2) is 5.56. The Bertz CT molecular complexity index is 768. The van der Waals surface area contributed by atoms with Gasteiger partial charge in [0.1, 0.15) is 0 Å². The van der Waals surface area contributed by atoms with Crippen molar-refractivity contribution in [3.8, 4) is 11.3 Å². The zero-order valence-electron chi connectivity index (χ0n) is 12.6. The Morgan fingerprint density at radius 3 is 2.27 bits per heavy atom. The van der Waals surface area contributed by atoms with Gasteiger partial charge in [0.05, 0.1) is 11.2 Å². The van der Waals surface area contributed by atoms with E-state index >= 15 is 0 Å². The maximum absolute atomic E-state index is 12.6. The van der Waals surface area contributed by atoms with E-state index in [1.54, 1.807) is 0 Å². The quantitative estimate of drug-likeness (QED) is 0.806. The highest BCUT2D eigenvalue weighted by Crippen LogP contribution is 2.24. The number of carbonyl (C=O) groups is 1. The summed E-state index contributed by atoms with van der Waals surface area (Å²) in [6.07, 6.45) is 0. The molecule has 2 aliphatic rings. The molecule has 1 aliphatic heterocycles. The molecule has 1 heterocycles. The van der Waals surface area contributed by atoms with Gasteiger partial charge in [-0.25, -0.2) is 0 Å². The number of aromatic nitrogens is 2. The van der Waals surface area contributed by atoms with E-state index in [1.807, 2.05) is 74.5 Å². The average Bonchev–Trinajstić information content (AvgIpc) is 2.77. The second-order valence-electron chi connectivity index (χ2n) is 5.70. The first-order chi connectivity index (χ1) is 10.6. The summed E-state index contributed by atoms with van der Waals surface area (Å²) >= 11 is 0. The Balaban J connectivity index is 1.89. The Morgan fingerprint density at radius 1 is 0.909 bits per heavy atom. The molecule has 1 aromatic rings. The molecule has 0 atom stereocenters.